The zero-order valence-electron chi connectivity index (χ0n) is 12.2. The van der Waals surface area contributed by atoms with Crippen LogP contribution in [0.5, 0.6) is 0 Å². The zero-order chi connectivity index (χ0) is 15.1. The summed E-state index contributed by atoms with van der Waals surface area (Å²) in [5, 5.41) is 0. The molecule has 0 aromatic carbocycles. The minimum atomic E-state index is -3.29. The van der Waals surface area contributed by atoms with Crippen LogP contribution in [0.2, 0.25) is 0 Å². The van der Waals surface area contributed by atoms with E-state index in [1.54, 1.807) is 20.8 Å². The summed E-state index contributed by atoms with van der Waals surface area (Å²) in [5.41, 5.74) is 5.14. The average molecular weight is 294 g/mol. The molecule has 1 atom stereocenters. The zero-order valence-corrected chi connectivity index (χ0v) is 13.0. The van der Waals surface area contributed by atoms with E-state index in [4.69, 9.17) is 10.5 Å². The van der Waals surface area contributed by atoms with Crippen LogP contribution in [0.4, 0.5) is 0 Å². The molecule has 7 heteroatoms. The van der Waals surface area contributed by atoms with Gasteiger partial charge in [0.1, 0.15) is 5.60 Å². The number of carbonyl (C=O) groups is 1. The van der Waals surface area contributed by atoms with Gasteiger partial charge >= 0.3 is 5.97 Å². The SMILES string of the molecule is CCCCS(=O)(=O)NCC(N)CC(=O)OC(C)(C)C. The van der Waals surface area contributed by atoms with Gasteiger partial charge in [-0.15, -0.1) is 0 Å². The fourth-order valence-electron chi connectivity index (χ4n) is 1.31. The summed E-state index contributed by atoms with van der Waals surface area (Å²) in [5.74, 6) is -0.337. The van der Waals surface area contributed by atoms with Crippen LogP contribution < -0.4 is 10.5 Å². The number of hydrogen-bond acceptors (Lipinski definition) is 5. The number of ether oxygens (including phenoxy) is 1. The third kappa shape index (κ3) is 10.9. The van der Waals surface area contributed by atoms with Crippen molar-refractivity contribution < 1.29 is 17.9 Å². The summed E-state index contributed by atoms with van der Waals surface area (Å²) in [6.07, 6.45) is 1.41. The molecule has 0 aliphatic heterocycles. The highest BCUT2D eigenvalue weighted by atomic mass is 32.2. The predicted octanol–water partition coefficient (Wildman–Crippen LogP) is 0.765. The van der Waals surface area contributed by atoms with Crippen LogP contribution in [0.15, 0.2) is 0 Å². The second kappa shape index (κ2) is 7.81. The van der Waals surface area contributed by atoms with Crippen LogP contribution in [-0.4, -0.2) is 38.3 Å². The van der Waals surface area contributed by atoms with E-state index in [1.807, 2.05) is 6.92 Å². The molecule has 0 aromatic rings. The molecule has 0 heterocycles. The van der Waals surface area contributed by atoms with E-state index < -0.39 is 27.6 Å². The van der Waals surface area contributed by atoms with Gasteiger partial charge in [-0.1, -0.05) is 13.3 Å². The maximum atomic E-state index is 11.5. The summed E-state index contributed by atoms with van der Waals surface area (Å²) in [7, 11) is -3.29. The van der Waals surface area contributed by atoms with Crippen molar-refractivity contribution in [1.29, 1.82) is 0 Å². The topological polar surface area (TPSA) is 98.5 Å². The first-order chi connectivity index (χ1) is 8.56. The lowest BCUT2D eigenvalue weighted by Gasteiger charge is -2.21. The van der Waals surface area contributed by atoms with Gasteiger partial charge in [-0.2, -0.15) is 0 Å². The summed E-state index contributed by atoms with van der Waals surface area (Å²) in [6, 6.07) is -0.578. The van der Waals surface area contributed by atoms with Crippen LogP contribution >= 0.6 is 0 Å². The fourth-order valence-corrected chi connectivity index (χ4v) is 2.59. The van der Waals surface area contributed by atoms with Gasteiger partial charge < -0.3 is 10.5 Å². The number of esters is 1. The summed E-state index contributed by atoms with van der Waals surface area (Å²) in [6.45, 7) is 7.27. The highest BCUT2D eigenvalue weighted by molar-refractivity contribution is 7.89. The van der Waals surface area contributed by atoms with E-state index in [9.17, 15) is 13.2 Å². The molecule has 3 N–H and O–H groups in total. The van der Waals surface area contributed by atoms with Gasteiger partial charge in [0.15, 0.2) is 0 Å². The monoisotopic (exact) mass is 294 g/mol. The van der Waals surface area contributed by atoms with Gasteiger partial charge in [-0.25, -0.2) is 13.1 Å². The van der Waals surface area contributed by atoms with E-state index in [1.165, 1.54) is 0 Å². The Hall–Kier alpha value is -0.660. The number of hydrogen-bond donors (Lipinski definition) is 2. The summed E-state index contributed by atoms with van der Waals surface area (Å²) >= 11 is 0. The van der Waals surface area contributed by atoms with Crippen LogP contribution in [0.3, 0.4) is 0 Å². The van der Waals surface area contributed by atoms with Crippen molar-refractivity contribution in [1.82, 2.24) is 4.72 Å². The summed E-state index contributed by atoms with van der Waals surface area (Å²) in [4.78, 5) is 11.5. The third-order valence-corrected chi connectivity index (χ3v) is 3.61. The standard InChI is InChI=1S/C12H26N2O4S/c1-5-6-7-19(16,17)14-9-10(13)8-11(15)18-12(2,3)4/h10,14H,5-9,13H2,1-4H3. The van der Waals surface area contributed by atoms with Crippen molar-refractivity contribution in [2.75, 3.05) is 12.3 Å². The van der Waals surface area contributed by atoms with Crippen LogP contribution in [0.25, 0.3) is 0 Å². The quantitative estimate of drug-likeness (QED) is 0.644. The molecule has 0 saturated carbocycles. The molecule has 0 aromatic heterocycles. The van der Waals surface area contributed by atoms with Gasteiger partial charge in [0.2, 0.25) is 10.0 Å². The Balaban J connectivity index is 4.05. The fraction of sp³-hybridized carbons (Fsp3) is 0.917. The molecule has 6 nitrogen and oxygen atoms in total. The Labute approximate surface area is 116 Å². The average Bonchev–Trinajstić information content (AvgIpc) is 2.21. The number of nitrogens with one attached hydrogen (secondary N) is 1. The Morgan fingerprint density at radius 2 is 1.95 bits per heavy atom. The largest absolute Gasteiger partial charge is 0.460 e. The first kappa shape index (κ1) is 18.3. The predicted molar refractivity (Wildman–Crippen MR) is 75.1 cm³/mol. The van der Waals surface area contributed by atoms with Crippen molar-refractivity contribution in [3.05, 3.63) is 0 Å². The van der Waals surface area contributed by atoms with Gasteiger partial charge in [-0.3, -0.25) is 4.79 Å². The number of nitrogens with two attached hydrogens (primary N) is 1. The molecule has 0 radical (unpaired) electrons. The van der Waals surface area contributed by atoms with Crippen molar-refractivity contribution in [2.24, 2.45) is 5.73 Å². The molecule has 114 valence electrons. The molecule has 0 spiro atoms. The second-order valence-corrected chi connectivity index (χ2v) is 7.50. The lowest BCUT2D eigenvalue weighted by atomic mass is 10.2. The van der Waals surface area contributed by atoms with Crippen molar-refractivity contribution in [2.45, 2.75) is 58.6 Å². The molecule has 0 rings (SSSR count). The molecule has 19 heavy (non-hydrogen) atoms. The molecule has 0 aliphatic rings. The highest BCUT2D eigenvalue weighted by Gasteiger charge is 2.19. The van der Waals surface area contributed by atoms with E-state index >= 15 is 0 Å². The number of rotatable bonds is 8. The molecule has 0 saturated heterocycles. The maximum Gasteiger partial charge on any atom is 0.307 e. The smallest absolute Gasteiger partial charge is 0.307 e. The van der Waals surface area contributed by atoms with Gasteiger partial charge in [-0.05, 0) is 27.2 Å². The van der Waals surface area contributed by atoms with Crippen LogP contribution in [-0.2, 0) is 19.6 Å². The minimum absolute atomic E-state index is 0.00638. The Kier molecular flexibility index (Phi) is 7.54. The molecule has 0 fully saturated rings. The highest BCUT2D eigenvalue weighted by Crippen LogP contribution is 2.08. The van der Waals surface area contributed by atoms with Crippen LogP contribution in [0, 0.1) is 0 Å². The van der Waals surface area contributed by atoms with Crippen molar-refractivity contribution in [3.8, 4) is 0 Å². The molecular formula is C12H26N2O4S. The minimum Gasteiger partial charge on any atom is -0.460 e. The van der Waals surface area contributed by atoms with Gasteiger partial charge in [0, 0.05) is 12.6 Å². The Morgan fingerprint density at radius 3 is 2.42 bits per heavy atom. The first-order valence-electron chi connectivity index (χ1n) is 6.50. The van der Waals surface area contributed by atoms with E-state index in [2.05, 4.69) is 4.72 Å². The van der Waals surface area contributed by atoms with E-state index in [0.717, 1.165) is 6.42 Å². The lowest BCUT2D eigenvalue weighted by molar-refractivity contribution is -0.155. The normalized spacial score (nSPS) is 14.2. The Bertz CT molecular complexity index is 374. The van der Waals surface area contributed by atoms with Gasteiger partial charge in [0.25, 0.3) is 0 Å². The van der Waals surface area contributed by atoms with E-state index in [-0.39, 0.29) is 18.7 Å². The summed E-state index contributed by atoms with van der Waals surface area (Å²) < 4.78 is 30.6. The maximum absolute atomic E-state index is 11.5. The van der Waals surface area contributed by atoms with Crippen molar-refractivity contribution >= 4 is 16.0 Å². The lowest BCUT2D eigenvalue weighted by Crippen LogP contribution is -2.40. The second-order valence-electron chi connectivity index (χ2n) is 5.57. The molecular weight excluding hydrogens is 268 g/mol. The first-order valence-corrected chi connectivity index (χ1v) is 8.15. The number of carbonyl (C=O) groups excluding carboxylic acids is 1. The number of unbranched alkanes of at least 4 members (excludes halogenated alkanes) is 1. The van der Waals surface area contributed by atoms with E-state index in [0.29, 0.717) is 6.42 Å². The molecule has 0 bridgehead atoms. The molecule has 0 aliphatic carbocycles. The molecule has 0 amide bonds. The van der Waals surface area contributed by atoms with Crippen LogP contribution in [0.1, 0.15) is 47.0 Å². The number of sulfonamides is 1. The van der Waals surface area contributed by atoms with Gasteiger partial charge in [0.05, 0.1) is 12.2 Å². The Morgan fingerprint density at radius 1 is 1.37 bits per heavy atom. The van der Waals surface area contributed by atoms with Crippen molar-refractivity contribution in [3.63, 3.8) is 0 Å². The molecule has 1 unspecified atom stereocenters. The third-order valence-electron chi connectivity index (χ3n) is 2.18.